The number of nitrogens with zero attached hydrogens (tertiary/aromatic N) is 3. The first kappa shape index (κ1) is 23.3. The lowest BCUT2D eigenvalue weighted by atomic mass is 10.0. The molecular weight excluding hydrogens is 370 g/mol. The molecular formula is C21H39N5O3. The van der Waals surface area contributed by atoms with Crippen LogP contribution in [0.2, 0.25) is 0 Å². The topological polar surface area (TPSA) is 86.3 Å². The van der Waals surface area contributed by atoms with Gasteiger partial charge in [0.15, 0.2) is 5.96 Å². The van der Waals surface area contributed by atoms with Gasteiger partial charge in [-0.15, -0.1) is 0 Å². The largest absolute Gasteiger partial charge is 0.444 e. The molecule has 8 heteroatoms. The van der Waals surface area contributed by atoms with Gasteiger partial charge < -0.3 is 25.2 Å². The molecule has 0 radical (unpaired) electrons. The Labute approximate surface area is 175 Å². The van der Waals surface area contributed by atoms with Gasteiger partial charge in [0.1, 0.15) is 5.60 Å². The predicted molar refractivity (Wildman–Crippen MR) is 115 cm³/mol. The highest BCUT2D eigenvalue weighted by molar-refractivity contribution is 5.80. The second-order valence-corrected chi connectivity index (χ2v) is 8.81. The minimum absolute atomic E-state index is 0.0660. The van der Waals surface area contributed by atoms with Crippen LogP contribution in [-0.4, -0.2) is 78.7 Å². The third-order valence-corrected chi connectivity index (χ3v) is 5.13. The van der Waals surface area contributed by atoms with Crippen LogP contribution in [0.4, 0.5) is 4.79 Å². The Morgan fingerprint density at radius 2 is 2.00 bits per heavy atom. The summed E-state index contributed by atoms with van der Waals surface area (Å²) in [7, 11) is 0. The Morgan fingerprint density at radius 3 is 2.66 bits per heavy atom. The van der Waals surface area contributed by atoms with Crippen molar-refractivity contribution in [3.63, 3.8) is 0 Å². The van der Waals surface area contributed by atoms with E-state index < -0.39 is 5.60 Å². The molecule has 1 unspecified atom stereocenters. The van der Waals surface area contributed by atoms with Gasteiger partial charge in [-0.25, -0.2) is 4.79 Å². The van der Waals surface area contributed by atoms with Gasteiger partial charge in [-0.1, -0.05) is 0 Å². The number of aliphatic imine (C=N–C) groups is 1. The van der Waals surface area contributed by atoms with Crippen molar-refractivity contribution in [1.82, 2.24) is 20.4 Å². The van der Waals surface area contributed by atoms with E-state index in [1.54, 1.807) is 0 Å². The van der Waals surface area contributed by atoms with Crippen LogP contribution in [0.15, 0.2) is 4.99 Å². The Hall–Kier alpha value is -1.99. The van der Waals surface area contributed by atoms with Gasteiger partial charge in [0.05, 0.1) is 12.6 Å². The monoisotopic (exact) mass is 409 g/mol. The molecule has 0 aliphatic carbocycles. The van der Waals surface area contributed by atoms with Gasteiger partial charge in [-0.3, -0.25) is 9.79 Å². The molecule has 166 valence electrons. The van der Waals surface area contributed by atoms with Crippen molar-refractivity contribution in [1.29, 1.82) is 0 Å². The molecule has 29 heavy (non-hydrogen) atoms. The summed E-state index contributed by atoms with van der Waals surface area (Å²) in [5, 5.41) is 6.61. The van der Waals surface area contributed by atoms with Crippen molar-refractivity contribution in [3.8, 4) is 0 Å². The molecule has 2 aliphatic heterocycles. The normalized spacial score (nSPS) is 20.8. The number of likely N-dealkylation sites (tertiary alicyclic amines) is 2. The van der Waals surface area contributed by atoms with Crippen LogP contribution in [0.3, 0.4) is 0 Å². The van der Waals surface area contributed by atoms with Gasteiger partial charge >= 0.3 is 6.09 Å². The van der Waals surface area contributed by atoms with Gasteiger partial charge in [0.25, 0.3) is 0 Å². The van der Waals surface area contributed by atoms with E-state index >= 15 is 0 Å². The molecule has 0 aromatic rings. The predicted octanol–water partition coefficient (Wildman–Crippen LogP) is 2.34. The maximum Gasteiger partial charge on any atom is 0.410 e. The summed E-state index contributed by atoms with van der Waals surface area (Å²) in [5.74, 6) is 1.03. The van der Waals surface area contributed by atoms with Crippen molar-refractivity contribution in [2.75, 3.05) is 39.3 Å². The number of amides is 2. The molecule has 2 N–H and O–H groups in total. The molecule has 2 saturated heterocycles. The molecule has 2 rings (SSSR count). The smallest absolute Gasteiger partial charge is 0.410 e. The fourth-order valence-electron chi connectivity index (χ4n) is 3.71. The Morgan fingerprint density at radius 1 is 1.21 bits per heavy atom. The number of guanidine groups is 1. The molecule has 0 saturated carbocycles. The van der Waals surface area contributed by atoms with Crippen molar-refractivity contribution < 1.29 is 14.3 Å². The number of carbonyl (C=O) groups excluding carboxylic acids is 2. The minimum atomic E-state index is -0.491. The van der Waals surface area contributed by atoms with E-state index in [0.29, 0.717) is 13.0 Å². The van der Waals surface area contributed by atoms with Crippen molar-refractivity contribution in [2.45, 2.75) is 77.9 Å². The number of ether oxygens (including phenoxy) is 1. The number of carbonyl (C=O) groups is 2. The van der Waals surface area contributed by atoms with E-state index in [-0.39, 0.29) is 18.0 Å². The van der Waals surface area contributed by atoms with Gasteiger partial charge in [0.2, 0.25) is 5.91 Å². The Balaban J connectivity index is 1.84. The molecule has 2 fully saturated rings. The van der Waals surface area contributed by atoms with Crippen LogP contribution in [0, 0.1) is 0 Å². The molecule has 8 nitrogen and oxygen atoms in total. The van der Waals surface area contributed by atoms with Crippen LogP contribution in [0.1, 0.15) is 66.2 Å². The van der Waals surface area contributed by atoms with Crippen LogP contribution in [0.25, 0.3) is 0 Å². The second kappa shape index (κ2) is 11.3. The van der Waals surface area contributed by atoms with Crippen molar-refractivity contribution in [2.24, 2.45) is 4.99 Å². The highest BCUT2D eigenvalue weighted by atomic mass is 16.6. The molecule has 0 aromatic carbocycles. The lowest BCUT2D eigenvalue weighted by molar-refractivity contribution is -0.127. The molecule has 2 amide bonds. The molecule has 0 spiro atoms. The van der Waals surface area contributed by atoms with E-state index in [1.807, 2.05) is 37.5 Å². The maximum absolute atomic E-state index is 12.5. The van der Waals surface area contributed by atoms with E-state index in [2.05, 4.69) is 10.6 Å². The molecule has 0 bridgehead atoms. The Kier molecular flexibility index (Phi) is 9.04. The van der Waals surface area contributed by atoms with Gasteiger partial charge in [0, 0.05) is 39.1 Å². The zero-order valence-corrected chi connectivity index (χ0v) is 18.6. The first-order chi connectivity index (χ1) is 13.8. The summed E-state index contributed by atoms with van der Waals surface area (Å²) in [6, 6.07) is 0.0660. The van der Waals surface area contributed by atoms with Gasteiger partial charge in [-0.2, -0.15) is 0 Å². The quantitative estimate of drug-likeness (QED) is 0.383. The average molecular weight is 410 g/mol. The van der Waals surface area contributed by atoms with Crippen LogP contribution < -0.4 is 10.6 Å². The second-order valence-electron chi connectivity index (χ2n) is 8.81. The average Bonchev–Trinajstić information content (AvgIpc) is 3.07. The lowest BCUT2D eigenvalue weighted by Crippen LogP contribution is -2.48. The molecule has 1 atom stereocenters. The third kappa shape index (κ3) is 8.11. The summed E-state index contributed by atoms with van der Waals surface area (Å²) in [6.45, 7) is 12.2. The number of piperidine rings is 1. The SMILES string of the molecule is CCNC(=NCC1CCCCN1C(=O)OC(C)(C)C)NCCCN1CCCC1=O. The molecule has 2 heterocycles. The lowest BCUT2D eigenvalue weighted by Gasteiger charge is -2.36. The number of hydrogen-bond acceptors (Lipinski definition) is 4. The standard InChI is InChI=1S/C21H39N5O3/c1-5-22-19(23-12-9-14-25-13-8-11-18(25)27)24-16-17-10-6-7-15-26(17)20(28)29-21(2,3)4/h17H,5-16H2,1-4H3,(H2,22,23,24). The van der Waals surface area contributed by atoms with E-state index in [1.165, 1.54) is 0 Å². The highest BCUT2D eigenvalue weighted by Gasteiger charge is 2.30. The van der Waals surface area contributed by atoms with E-state index in [9.17, 15) is 9.59 Å². The summed E-state index contributed by atoms with van der Waals surface area (Å²) < 4.78 is 5.57. The summed E-state index contributed by atoms with van der Waals surface area (Å²) in [6.07, 6.45) is 5.37. The number of rotatable bonds is 7. The molecule has 2 aliphatic rings. The summed E-state index contributed by atoms with van der Waals surface area (Å²) >= 11 is 0. The zero-order valence-electron chi connectivity index (χ0n) is 18.6. The third-order valence-electron chi connectivity index (χ3n) is 5.13. The fourth-order valence-corrected chi connectivity index (χ4v) is 3.71. The van der Waals surface area contributed by atoms with Crippen LogP contribution >= 0.6 is 0 Å². The first-order valence-electron chi connectivity index (χ1n) is 11.1. The minimum Gasteiger partial charge on any atom is -0.444 e. The van der Waals surface area contributed by atoms with Crippen LogP contribution in [0.5, 0.6) is 0 Å². The highest BCUT2D eigenvalue weighted by Crippen LogP contribution is 2.20. The van der Waals surface area contributed by atoms with Crippen LogP contribution in [-0.2, 0) is 9.53 Å². The van der Waals surface area contributed by atoms with E-state index in [0.717, 1.165) is 70.8 Å². The van der Waals surface area contributed by atoms with Crippen molar-refractivity contribution >= 4 is 18.0 Å². The van der Waals surface area contributed by atoms with Gasteiger partial charge in [-0.05, 0) is 59.8 Å². The van der Waals surface area contributed by atoms with E-state index in [4.69, 9.17) is 9.73 Å². The summed E-state index contributed by atoms with van der Waals surface area (Å²) in [4.78, 5) is 32.7. The fraction of sp³-hybridized carbons (Fsp3) is 0.857. The zero-order chi connectivity index (χ0) is 21.3. The first-order valence-corrected chi connectivity index (χ1v) is 11.1. The molecule has 0 aromatic heterocycles. The Bertz CT molecular complexity index is 573. The summed E-state index contributed by atoms with van der Waals surface area (Å²) in [5.41, 5.74) is -0.491. The van der Waals surface area contributed by atoms with Crippen molar-refractivity contribution in [3.05, 3.63) is 0 Å². The maximum atomic E-state index is 12.5. The number of nitrogens with one attached hydrogen (secondary N) is 2. The number of hydrogen-bond donors (Lipinski definition) is 2.